The minimum Gasteiger partial charge on any atom is -0.486 e. The highest BCUT2D eigenvalue weighted by Gasteiger charge is 2.29. The number of benzene rings is 1. The molecule has 0 bridgehead atoms. The van der Waals surface area contributed by atoms with Crippen LogP contribution in [0.15, 0.2) is 18.2 Å². The van der Waals surface area contributed by atoms with Crippen molar-refractivity contribution in [1.29, 1.82) is 0 Å². The summed E-state index contributed by atoms with van der Waals surface area (Å²) in [5.41, 5.74) is 0.0890. The Hall–Kier alpha value is -1.67. The molecule has 0 amide bonds. The number of rotatable bonds is 6. The molecule has 0 aliphatic rings. The second kappa shape index (κ2) is 6.40. The normalized spacial score (nSPS) is 12.2. The predicted molar refractivity (Wildman–Crippen MR) is 78.1 cm³/mol. The van der Waals surface area contributed by atoms with E-state index in [0.717, 1.165) is 0 Å². The molecule has 0 atom stereocenters. The van der Waals surface area contributed by atoms with E-state index in [1.165, 1.54) is 18.2 Å². The van der Waals surface area contributed by atoms with Gasteiger partial charge in [0.2, 0.25) is 0 Å². The van der Waals surface area contributed by atoms with E-state index in [1.807, 2.05) is 0 Å². The van der Waals surface area contributed by atoms with Crippen molar-refractivity contribution in [1.82, 2.24) is 0 Å². The van der Waals surface area contributed by atoms with Gasteiger partial charge in [-0.2, -0.15) is 0 Å². The Morgan fingerprint density at radius 3 is 2.43 bits per heavy atom. The standard InChI is InChI=1S/C13H19NO6S/c1-13(2,3)21(18,19)7-6-20-12-5-4-10(9-15)8-11(12)14(16)17/h4-5,8,15H,6-7,9H2,1-3H3. The molecule has 8 heteroatoms. The molecule has 0 unspecified atom stereocenters. The summed E-state index contributed by atoms with van der Waals surface area (Å²) in [7, 11) is -3.35. The first-order chi connectivity index (χ1) is 9.58. The van der Waals surface area contributed by atoms with Crippen LogP contribution in [0.1, 0.15) is 26.3 Å². The number of nitrogens with zero attached hydrogens (tertiary/aromatic N) is 1. The van der Waals surface area contributed by atoms with Crippen LogP contribution in [0, 0.1) is 10.1 Å². The summed E-state index contributed by atoms with van der Waals surface area (Å²) in [5.74, 6) is -0.239. The largest absolute Gasteiger partial charge is 0.486 e. The van der Waals surface area contributed by atoms with Crippen LogP contribution < -0.4 is 4.74 Å². The summed E-state index contributed by atoms with van der Waals surface area (Å²) in [6, 6.07) is 4.04. The number of aliphatic hydroxyl groups excluding tert-OH is 1. The number of ether oxygens (including phenoxy) is 1. The lowest BCUT2D eigenvalue weighted by atomic mass is 10.2. The first-order valence-corrected chi connectivity index (χ1v) is 7.97. The van der Waals surface area contributed by atoms with E-state index in [0.29, 0.717) is 5.56 Å². The molecule has 21 heavy (non-hydrogen) atoms. The van der Waals surface area contributed by atoms with E-state index in [9.17, 15) is 18.5 Å². The molecule has 1 N–H and O–H groups in total. The molecule has 0 aliphatic heterocycles. The van der Waals surface area contributed by atoms with Gasteiger partial charge in [0, 0.05) is 6.07 Å². The highest BCUT2D eigenvalue weighted by Crippen LogP contribution is 2.28. The maximum atomic E-state index is 11.9. The van der Waals surface area contributed by atoms with Crippen molar-refractivity contribution in [3.8, 4) is 5.75 Å². The molecule has 0 radical (unpaired) electrons. The van der Waals surface area contributed by atoms with E-state index >= 15 is 0 Å². The molecule has 0 spiro atoms. The van der Waals surface area contributed by atoms with Crippen LogP contribution in [0.25, 0.3) is 0 Å². The quantitative estimate of drug-likeness (QED) is 0.632. The zero-order valence-corrected chi connectivity index (χ0v) is 13.0. The van der Waals surface area contributed by atoms with Crippen molar-refractivity contribution >= 4 is 15.5 Å². The minimum absolute atomic E-state index is 0.0127. The van der Waals surface area contributed by atoms with Crippen molar-refractivity contribution in [2.75, 3.05) is 12.4 Å². The summed E-state index contributed by atoms with van der Waals surface area (Å²) in [6.07, 6.45) is 0. The summed E-state index contributed by atoms with van der Waals surface area (Å²) in [4.78, 5) is 10.3. The molecule has 1 aromatic rings. The van der Waals surface area contributed by atoms with Gasteiger partial charge in [-0.05, 0) is 32.4 Å². The first kappa shape index (κ1) is 17.4. The number of hydrogen-bond donors (Lipinski definition) is 1. The van der Waals surface area contributed by atoms with E-state index in [1.54, 1.807) is 20.8 Å². The summed E-state index contributed by atoms with van der Waals surface area (Å²) in [6.45, 7) is 4.26. The highest BCUT2D eigenvalue weighted by atomic mass is 32.2. The van der Waals surface area contributed by atoms with Crippen LogP contribution in [-0.4, -0.2) is 35.6 Å². The monoisotopic (exact) mass is 317 g/mol. The topological polar surface area (TPSA) is 107 Å². The van der Waals surface area contributed by atoms with Gasteiger partial charge in [-0.15, -0.1) is 0 Å². The van der Waals surface area contributed by atoms with Crippen LogP contribution in [0.4, 0.5) is 5.69 Å². The van der Waals surface area contributed by atoms with Gasteiger partial charge >= 0.3 is 5.69 Å². The van der Waals surface area contributed by atoms with Crippen molar-refractivity contribution in [3.63, 3.8) is 0 Å². The zero-order chi connectivity index (χ0) is 16.3. The van der Waals surface area contributed by atoms with Crippen molar-refractivity contribution < 1.29 is 23.2 Å². The number of nitro benzene ring substituents is 1. The number of sulfone groups is 1. The van der Waals surface area contributed by atoms with Gasteiger partial charge in [0.05, 0.1) is 22.0 Å². The van der Waals surface area contributed by atoms with Gasteiger partial charge in [-0.25, -0.2) is 8.42 Å². The van der Waals surface area contributed by atoms with E-state index < -0.39 is 19.5 Å². The fourth-order valence-corrected chi connectivity index (χ4v) is 2.41. The Kier molecular flexibility index (Phi) is 5.30. The molecule has 1 rings (SSSR count). The Balaban J connectivity index is 2.84. The SMILES string of the molecule is CC(C)(C)S(=O)(=O)CCOc1ccc(CO)cc1[N+](=O)[O-]. The molecule has 0 aliphatic carbocycles. The number of nitro groups is 1. The van der Waals surface area contributed by atoms with Crippen LogP contribution in [0.3, 0.4) is 0 Å². The Morgan fingerprint density at radius 1 is 1.33 bits per heavy atom. The van der Waals surface area contributed by atoms with Gasteiger partial charge in [0.25, 0.3) is 0 Å². The van der Waals surface area contributed by atoms with Gasteiger partial charge in [0.1, 0.15) is 6.61 Å². The number of hydrogen-bond acceptors (Lipinski definition) is 6. The zero-order valence-electron chi connectivity index (χ0n) is 12.2. The molecule has 0 aromatic heterocycles. The predicted octanol–water partition coefficient (Wildman–Crippen LogP) is 1.68. The molecular formula is C13H19NO6S. The second-order valence-electron chi connectivity index (χ2n) is 5.50. The van der Waals surface area contributed by atoms with Gasteiger partial charge in [0.15, 0.2) is 15.6 Å². The lowest BCUT2D eigenvalue weighted by Crippen LogP contribution is -2.32. The third-order valence-corrected chi connectivity index (χ3v) is 5.52. The third kappa shape index (κ3) is 4.40. The Labute approximate surface area is 123 Å². The van der Waals surface area contributed by atoms with Crippen molar-refractivity contribution in [2.24, 2.45) is 0 Å². The molecule has 0 saturated heterocycles. The molecule has 1 aromatic carbocycles. The molecule has 0 saturated carbocycles. The fourth-order valence-electron chi connectivity index (χ4n) is 1.49. The maximum absolute atomic E-state index is 11.9. The van der Waals surface area contributed by atoms with Crippen LogP contribution >= 0.6 is 0 Å². The summed E-state index contributed by atoms with van der Waals surface area (Å²) >= 11 is 0. The van der Waals surface area contributed by atoms with E-state index in [-0.39, 0.29) is 30.4 Å². The highest BCUT2D eigenvalue weighted by molar-refractivity contribution is 7.92. The van der Waals surface area contributed by atoms with Crippen molar-refractivity contribution in [2.45, 2.75) is 32.1 Å². The summed E-state index contributed by atoms with van der Waals surface area (Å²) in [5, 5.41) is 19.9. The lowest BCUT2D eigenvalue weighted by Gasteiger charge is -2.19. The van der Waals surface area contributed by atoms with Gasteiger partial charge < -0.3 is 9.84 Å². The van der Waals surface area contributed by atoms with Crippen LogP contribution in [0.2, 0.25) is 0 Å². The minimum atomic E-state index is -3.35. The van der Waals surface area contributed by atoms with Gasteiger partial charge in [-0.3, -0.25) is 10.1 Å². The molecule has 0 heterocycles. The smallest absolute Gasteiger partial charge is 0.311 e. The Morgan fingerprint density at radius 2 is 1.95 bits per heavy atom. The lowest BCUT2D eigenvalue weighted by molar-refractivity contribution is -0.385. The van der Waals surface area contributed by atoms with Crippen LogP contribution in [0.5, 0.6) is 5.75 Å². The fraction of sp³-hybridized carbons (Fsp3) is 0.538. The van der Waals surface area contributed by atoms with Crippen molar-refractivity contribution in [3.05, 3.63) is 33.9 Å². The maximum Gasteiger partial charge on any atom is 0.311 e. The van der Waals surface area contributed by atoms with Gasteiger partial charge in [-0.1, -0.05) is 6.07 Å². The summed E-state index contributed by atoms with van der Waals surface area (Å²) < 4.78 is 28.2. The van der Waals surface area contributed by atoms with Crippen LogP contribution in [-0.2, 0) is 16.4 Å². The molecule has 118 valence electrons. The van der Waals surface area contributed by atoms with E-state index in [4.69, 9.17) is 9.84 Å². The second-order valence-corrected chi connectivity index (χ2v) is 8.36. The third-order valence-electron chi connectivity index (χ3n) is 2.95. The average Bonchev–Trinajstić information content (AvgIpc) is 2.37. The van der Waals surface area contributed by atoms with E-state index in [2.05, 4.69) is 0 Å². The Bertz CT molecular complexity index is 618. The first-order valence-electron chi connectivity index (χ1n) is 6.32. The number of aliphatic hydroxyl groups is 1. The molecule has 7 nitrogen and oxygen atoms in total. The molecular weight excluding hydrogens is 298 g/mol. The molecule has 0 fully saturated rings. The average molecular weight is 317 g/mol.